The average molecular weight is 471 g/mol. The molecule has 0 fully saturated rings. The van der Waals surface area contributed by atoms with Crippen molar-refractivity contribution in [2.75, 3.05) is 5.32 Å². The van der Waals surface area contributed by atoms with Gasteiger partial charge in [-0.3, -0.25) is 0 Å². The zero-order valence-electron chi connectivity index (χ0n) is 21.1. The molecule has 0 saturated carbocycles. The lowest BCUT2D eigenvalue weighted by Crippen LogP contribution is -1.93. The number of hydrogen-bond acceptors (Lipinski definition) is 2. The molecular formula is C34H34N2. The summed E-state index contributed by atoms with van der Waals surface area (Å²) < 4.78 is 0. The molecule has 0 saturated heterocycles. The molecule has 36 heavy (non-hydrogen) atoms. The van der Waals surface area contributed by atoms with Gasteiger partial charge in [-0.2, -0.15) is 0 Å². The highest BCUT2D eigenvalue weighted by Gasteiger charge is 2.08. The maximum absolute atomic E-state index is 7.15. The van der Waals surface area contributed by atoms with Gasteiger partial charge in [0, 0.05) is 23.0 Å². The van der Waals surface area contributed by atoms with Crippen LogP contribution < -0.4 is 5.32 Å². The predicted octanol–water partition coefficient (Wildman–Crippen LogP) is 9.75. The van der Waals surface area contributed by atoms with Crippen molar-refractivity contribution in [3.05, 3.63) is 151 Å². The van der Waals surface area contributed by atoms with Crippen LogP contribution in [0, 0.1) is 5.41 Å². The minimum Gasteiger partial charge on any atom is -0.355 e. The third-order valence-corrected chi connectivity index (χ3v) is 5.63. The SMILES string of the molecule is C=C(\C=C/C(/C=C\C=C/C=N)=C1/C=CC=CC1)c1ccc(Nc2ccccc2)c2ccccc12.CC. The first-order chi connectivity index (χ1) is 17.8. The van der Waals surface area contributed by atoms with Crippen molar-refractivity contribution >= 4 is 33.9 Å². The third kappa shape index (κ3) is 7.04. The van der Waals surface area contributed by atoms with Gasteiger partial charge < -0.3 is 10.7 Å². The Hall–Kier alpha value is -4.43. The molecule has 0 aromatic heterocycles. The molecule has 2 N–H and O–H groups in total. The molecule has 0 radical (unpaired) electrons. The summed E-state index contributed by atoms with van der Waals surface area (Å²) in [6.07, 6.45) is 22.4. The highest BCUT2D eigenvalue weighted by Crippen LogP contribution is 2.32. The summed E-state index contributed by atoms with van der Waals surface area (Å²) in [6, 6.07) is 22.9. The molecule has 4 rings (SSSR count). The zero-order valence-corrected chi connectivity index (χ0v) is 21.1. The van der Waals surface area contributed by atoms with Crippen molar-refractivity contribution in [3.8, 4) is 0 Å². The van der Waals surface area contributed by atoms with Crippen molar-refractivity contribution in [1.82, 2.24) is 0 Å². The van der Waals surface area contributed by atoms with Gasteiger partial charge >= 0.3 is 0 Å². The molecule has 0 amide bonds. The molecule has 1 aliphatic carbocycles. The minimum atomic E-state index is 0.893. The number of allylic oxidation sites excluding steroid dienone is 13. The van der Waals surface area contributed by atoms with Gasteiger partial charge in [0.2, 0.25) is 0 Å². The second-order valence-electron chi connectivity index (χ2n) is 7.94. The second kappa shape index (κ2) is 14.1. The smallest absolute Gasteiger partial charge is 0.0464 e. The van der Waals surface area contributed by atoms with Crippen molar-refractivity contribution in [3.63, 3.8) is 0 Å². The number of rotatable bonds is 8. The molecule has 180 valence electrons. The molecule has 1 aliphatic rings. The van der Waals surface area contributed by atoms with Crippen LogP contribution in [-0.4, -0.2) is 6.21 Å². The van der Waals surface area contributed by atoms with Gasteiger partial charge in [-0.25, -0.2) is 0 Å². The van der Waals surface area contributed by atoms with Crippen LogP contribution >= 0.6 is 0 Å². The molecule has 3 aromatic rings. The van der Waals surface area contributed by atoms with Crippen LogP contribution in [0.1, 0.15) is 25.8 Å². The second-order valence-corrected chi connectivity index (χ2v) is 7.94. The molecule has 3 aromatic carbocycles. The summed E-state index contributed by atoms with van der Waals surface area (Å²) >= 11 is 0. The monoisotopic (exact) mass is 470 g/mol. The molecule has 2 nitrogen and oxygen atoms in total. The van der Waals surface area contributed by atoms with Crippen LogP contribution in [0.3, 0.4) is 0 Å². The van der Waals surface area contributed by atoms with Crippen LogP contribution in [0.5, 0.6) is 0 Å². The molecule has 0 unspecified atom stereocenters. The number of anilines is 2. The van der Waals surface area contributed by atoms with Crippen LogP contribution in [-0.2, 0) is 0 Å². The van der Waals surface area contributed by atoms with E-state index in [9.17, 15) is 0 Å². The first kappa shape index (κ1) is 26.2. The van der Waals surface area contributed by atoms with Crippen molar-refractivity contribution in [2.24, 2.45) is 0 Å². The third-order valence-electron chi connectivity index (χ3n) is 5.63. The van der Waals surface area contributed by atoms with Crippen LogP contribution in [0.25, 0.3) is 16.3 Å². The number of benzene rings is 3. The van der Waals surface area contributed by atoms with E-state index in [2.05, 4.69) is 103 Å². The van der Waals surface area contributed by atoms with Crippen LogP contribution in [0.2, 0.25) is 0 Å². The van der Waals surface area contributed by atoms with Gasteiger partial charge in [0.05, 0.1) is 0 Å². The zero-order chi connectivity index (χ0) is 25.6. The molecule has 0 aliphatic heterocycles. The summed E-state index contributed by atoms with van der Waals surface area (Å²) in [4.78, 5) is 0. The quantitative estimate of drug-likeness (QED) is 0.249. The Morgan fingerprint density at radius 3 is 2.28 bits per heavy atom. The van der Waals surface area contributed by atoms with E-state index in [4.69, 9.17) is 5.41 Å². The van der Waals surface area contributed by atoms with E-state index in [0.717, 1.165) is 45.3 Å². The van der Waals surface area contributed by atoms with Crippen molar-refractivity contribution in [1.29, 1.82) is 5.41 Å². The first-order valence-electron chi connectivity index (χ1n) is 12.4. The molecule has 0 spiro atoms. The van der Waals surface area contributed by atoms with E-state index in [1.165, 1.54) is 11.8 Å². The van der Waals surface area contributed by atoms with Crippen molar-refractivity contribution < 1.29 is 0 Å². The fraction of sp³-hybridized carbons (Fsp3) is 0.0882. The predicted molar refractivity (Wildman–Crippen MR) is 160 cm³/mol. The molecule has 0 bridgehead atoms. The Morgan fingerprint density at radius 2 is 1.56 bits per heavy atom. The Kier molecular flexibility index (Phi) is 10.2. The lowest BCUT2D eigenvalue weighted by molar-refractivity contribution is 1.24. The first-order valence-corrected chi connectivity index (χ1v) is 12.4. The maximum atomic E-state index is 7.15. The largest absolute Gasteiger partial charge is 0.355 e. The fourth-order valence-electron chi connectivity index (χ4n) is 3.92. The Bertz CT molecular complexity index is 1360. The van der Waals surface area contributed by atoms with E-state index < -0.39 is 0 Å². The van der Waals surface area contributed by atoms with E-state index >= 15 is 0 Å². The summed E-state index contributed by atoms with van der Waals surface area (Å²) in [5.74, 6) is 0. The van der Waals surface area contributed by atoms with Gasteiger partial charge in [0.25, 0.3) is 0 Å². The molecule has 0 heterocycles. The van der Waals surface area contributed by atoms with Gasteiger partial charge in [0.1, 0.15) is 0 Å². The molecule has 2 heteroatoms. The van der Waals surface area contributed by atoms with Gasteiger partial charge in [0.15, 0.2) is 0 Å². The highest BCUT2D eigenvalue weighted by molar-refractivity contribution is 6.03. The highest BCUT2D eigenvalue weighted by atomic mass is 14.9. The minimum absolute atomic E-state index is 0.893. The van der Waals surface area contributed by atoms with Crippen LogP contribution in [0.4, 0.5) is 11.4 Å². The lowest BCUT2D eigenvalue weighted by Gasteiger charge is -2.14. The number of fused-ring (bicyclic) bond motifs is 1. The van der Waals surface area contributed by atoms with E-state index in [1.54, 1.807) is 6.08 Å². The number of hydrogen-bond donors (Lipinski definition) is 2. The molecular weight excluding hydrogens is 436 g/mol. The lowest BCUT2D eigenvalue weighted by atomic mass is 9.95. The summed E-state index contributed by atoms with van der Waals surface area (Å²) in [7, 11) is 0. The normalized spacial score (nSPS) is 14.3. The topological polar surface area (TPSA) is 35.9 Å². The number of para-hydroxylation sites is 1. The van der Waals surface area contributed by atoms with E-state index in [1.807, 2.05) is 44.2 Å². The Balaban J connectivity index is 0.00000176. The van der Waals surface area contributed by atoms with Gasteiger partial charge in [-0.05, 0) is 58.4 Å². The summed E-state index contributed by atoms with van der Waals surface area (Å²) in [5.41, 5.74) is 6.58. The fourth-order valence-corrected chi connectivity index (χ4v) is 3.92. The Labute approximate surface area is 215 Å². The maximum Gasteiger partial charge on any atom is 0.0464 e. The molecule has 0 atom stereocenters. The van der Waals surface area contributed by atoms with Crippen molar-refractivity contribution in [2.45, 2.75) is 20.3 Å². The summed E-state index contributed by atoms with van der Waals surface area (Å²) in [5, 5.41) is 13.0. The van der Waals surface area contributed by atoms with E-state index in [0.29, 0.717) is 0 Å². The standard InChI is InChI=1S/C32H28N2.C2H6/c1-25(20-21-27(15-7-4-12-24-33)26-13-5-2-6-14-26)29-22-23-32(31-19-11-10-18-30(29)31)34-28-16-8-3-9-17-28;1-2/h2-13,15-24,33-34H,1,14H2;1-2H3/b12-4-,15-7-,21-20-,27-26-,33-24?;. The number of nitrogens with one attached hydrogen (secondary N) is 2. The van der Waals surface area contributed by atoms with Gasteiger partial charge in [-0.15, -0.1) is 0 Å². The average Bonchev–Trinajstić information content (AvgIpc) is 2.95. The van der Waals surface area contributed by atoms with E-state index in [-0.39, 0.29) is 0 Å². The van der Waals surface area contributed by atoms with Crippen LogP contribution in [0.15, 0.2) is 145 Å². The van der Waals surface area contributed by atoms with Gasteiger partial charge in [-0.1, -0.05) is 124 Å². The summed E-state index contributed by atoms with van der Waals surface area (Å²) in [6.45, 7) is 8.39. The Morgan fingerprint density at radius 1 is 0.806 bits per heavy atom.